The van der Waals surface area contributed by atoms with Crippen LogP contribution in [0.2, 0.25) is 0 Å². The normalized spacial score (nSPS) is 17.7. The van der Waals surface area contributed by atoms with Crippen molar-refractivity contribution >= 4 is 9.63 Å². The number of rotatable bonds is 2. The van der Waals surface area contributed by atoms with Gasteiger partial charge in [0.1, 0.15) is 15.4 Å². The molecule has 0 aliphatic carbocycles. The minimum Gasteiger partial charge on any atom is -0.304 e. The number of halogens is 4. The van der Waals surface area contributed by atoms with Gasteiger partial charge >= 0.3 is 6.18 Å². The Morgan fingerprint density at radius 3 is 2.00 bits per heavy atom. The SMILES string of the molecule is O=S(O)(O)(C=CF)CC(F)(F)F. The Hall–Kier alpha value is -0.470. The smallest absolute Gasteiger partial charge is 0.304 e. The van der Waals surface area contributed by atoms with E-state index in [0.717, 1.165) is 0 Å². The standard InChI is InChI=1S/C4H6F4O3S/c5-1-2-12(9,10,11)3-4(6,7)8/h1-2H,3H2,(H2,9,10,11). The Morgan fingerprint density at radius 1 is 1.33 bits per heavy atom. The summed E-state index contributed by atoms with van der Waals surface area (Å²) in [5.41, 5.74) is 0. The van der Waals surface area contributed by atoms with Crippen molar-refractivity contribution < 1.29 is 30.9 Å². The van der Waals surface area contributed by atoms with Crippen molar-refractivity contribution in [1.29, 1.82) is 0 Å². The lowest BCUT2D eigenvalue weighted by molar-refractivity contribution is -0.108. The Balaban J connectivity index is 4.74. The van der Waals surface area contributed by atoms with Gasteiger partial charge in [-0.25, -0.2) is 8.60 Å². The Morgan fingerprint density at radius 2 is 1.75 bits per heavy atom. The Bertz CT molecular complexity index is 250. The molecule has 0 aromatic rings. The third kappa shape index (κ3) is 5.22. The van der Waals surface area contributed by atoms with E-state index in [1.54, 1.807) is 0 Å². The molecule has 0 aromatic carbocycles. The zero-order chi connectivity index (χ0) is 10.1. The monoisotopic (exact) mass is 210 g/mol. The van der Waals surface area contributed by atoms with E-state index in [0.29, 0.717) is 0 Å². The molecule has 0 bridgehead atoms. The highest BCUT2D eigenvalue weighted by atomic mass is 32.3. The molecule has 8 heteroatoms. The number of hydrogen-bond acceptors (Lipinski definition) is 1. The number of alkyl halides is 3. The molecule has 0 rings (SSSR count). The molecule has 0 radical (unpaired) electrons. The van der Waals surface area contributed by atoms with Crippen molar-refractivity contribution in [1.82, 2.24) is 0 Å². The van der Waals surface area contributed by atoms with Gasteiger partial charge in [0.05, 0.1) is 11.7 Å². The van der Waals surface area contributed by atoms with Crippen LogP contribution in [0, 0.1) is 0 Å². The van der Waals surface area contributed by atoms with Gasteiger partial charge in [-0.05, 0) is 0 Å². The summed E-state index contributed by atoms with van der Waals surface area (Å²) < 4.78 is 72.9. The highest BCUT2D eigenvalue weighted by Crippen LogP contribution is 2.28. The molecule has 12 heavy (non-hydrogen) atoms. The molecule has 0 heterocycles. The summed E-state index contributed by atoms with van der Waals surface area (Å²) in [7, 11) is -5.99. The summed E-state index contributed by atoms with van der Waals surface area (Å²) in [6.07, 6.45) is -5.65. The van der Waals surface area contributed by atoms with Gasteiger partial charge in [-0.15, -0.1) is 0 Å². The molecular weight excluding hydrogens is 204 g/mol. The molecule has 0 aliphatic heterocycles. The van der Waals surface area contributed by atoms with E-state index in [4.69, 9.17) is 9.11 Å². The highest BCUT2D eigenvalue weighted by Gasteiger charge is 2.42. The van der Waals surface area contributed by atoms with Crippen LogP contribution in [0.1, 0.15) is 0 Å². The van der Waals surface area contributed by atoms with E-state index in [-0.39, 0.29) is 0 Å². The molecule has 0 saturated carbocycles. The van der Waals surface area contributed by atoms with Crippen molar-refractivity contribution in [3.8, 4) is 0 Å². The zero-order valence-corrected chi connectivity index (χ0v) is 6.40. The van der Waals surface area contributed by atoms with Crippen LogP contribution in [-0.4, -0.2) is 25.2 Å². The molecule has 0 amide bonds. The van der Waals surface area contributed by atoms with Crippen LogP contribution in [0.4, 0.5) is 17.6 Å². The molecule has 3 nitrogen and oxygen atoms in total. The Kier molecular flexibility index (Phi) is 2.68. The van der Waals surface area contributed by atoms with Crippen molar-refractivity contribution in [3.63, 3.8) is 0 Å². The maximum Gasteiger partial charge on any atom is 0.403 e. The van der Waals surface area contributed by atoms with Crippen LogP contribution in [0.5, 0.6) is 0 Å². The van der Waals surface area contributed by atoms with E-state index in [9.17, 15) is 21.8 Å². The van der Waals surface area contributed by atoms with E-state index in [2.05, 4.69) is 0 Å². The predicted octanol–water partition coefficient (Wildman–Crippen LogP) is 1.76. The molecule has 0 atom stereocenters. The fraction of sp³-hybridized carbons (Fsp3) is 0.500. The minimum absolute atomic E-state index is 0.412. The first kappa shape index (κ1) is 11.5. The largest absolute Gasteiger partial charge is 0.403 e. The van der Waals surface area contributed by atoms with Gasteiger partial charge in [0.25, 0.3) is 0 Å². The van der Waals surface area contributed by atoms with Gasteiger partial charge in [-0.3, -0.25) is 0 Å². The fourth-order valence-electron chi connectivity index (χ4n) is 0.459. The summed E-state index contributed by atoms with van der Waals surface area (Å²) in [6, 6.07) is 0. The summed E-state index contributed by atoms with van der Waals surface area (Å²) in [4.78, 5) is 0. The quantitative estimate of drug-likeness (QED) is 0.682. The summed E-state index contributed by atoms with van der Waals surface area (Å²) >= 11 is 0. The molecule has 0 spiro atoms. The average molecular weight is 210 g/mol. The van der Waals surface area contributed by atoms with Crippen LogP contribution in [0.3, 0.4) is 0 Å². The lowest BCUT2D eigenvalue weighted by Gasteiger charge is -2.26. The minimum atomic E-state index is -5.99. The van der Waals surface area contributed by atoms with Crippen LogP contribution < -0.4 is 0 Å². The first-order valence-corrected chi connectivity index (χ1v) is 4.64. The molecular formula is C4H6F4O3S. The van der Waals surface area contributed by atoms with Gasteiger partial charge in [0.2, 0.25) is 0 Å². The van der Waals surface area contributed by atoms with Crippen molar-refractivity contribution in [2.45, 2.75) is 6.18 Å². The topological polar surface area (TPSA) is 57.5 Å². The summed E-state index contributed by atoms with van der Waals surface area (Å²) in [5, 5.41) is -0.412. The van der Waals surface area contributed by atoms with E-state index in [1.165, 1.54) is 0 Å². The summed E-state index contributed by atoms with van der Waals surface area (Å²) in [6.45, 7) is 0. The zero-order valence-electron chi connectivity index (χ0n) is 5.58. The lowest BCUT2D eigenvalue weighted by atomic mass is 10.8. The first-order valence-electron chi connectivity index (χ1n) is 2.53. The van der Waals surface area contributed by atoms with E-state index >= 15 is 0 Å². The predicted molar refractivity (Wildman–Crippen MR) is 34.6 cm³/mol. The fourth-order valence-corrected chi connectivity index (χ4v) is 1.38. The number of hydrogen-bond donors (Lipinski definition) is 2. The summed E-state index contributed by atoms with van der Waals surface area (Å²) in [5.74, 6) is -2.37. The Labute approximate surface area is 65.1 Å². The van der Waals surface area contributed by atoms with Gasteiger partial charge in [0, 0.05) is 0 Å². The van der Waals surface area contributed by atoms with Gasteiger partial charge in [0.15, 0.2) is 0 Å². The highest BCUT2D eigenvalue weighted by molar-refractivity contribution is 8.12. The van der Waals surface area contributed by atoms with Crippen LogP contribution in [0.25, 0.3) is 0 Å². The second-order valence-corrected chi connectivity index (χ2v) is 4.82. The third-order valence-corrected chi connectivity index (χ3v) is 2.28. The van der Waals surface area contributed by atoms with Crippen LogP contribution in [0.15, 0.2) is 11.7 Å². The second kappa shape index (κ2) is 2.79. The van der Waals surface area contributed by atoms with Gasteiger partial charge in [-0.2, -0.15) is 13.2 Å². The molecule has 0 saturated heterocycles. The average Bonchev–Trinajstić information content (AvgIpc) is 1.51. The van der Waals surface area contributed by atoms with Gasteiger partial charge < -0.3 is 9.11 Å². The van der Waals surface area contributed by atoms with Crippen molar-refractivity contribution in [2.24, 2.45) is 0 Å². The van der Waals surface area contributed by atoms with Gasteiger partial charge in [-0.1, -0.05) is 0 Å². The lowest BCUT2D eigenvalue weighted by Crippen LogP contribution is -2.39. The van der Waals surface area contributed by atoms with E-state index < -0.39 is 33.3 Å². The molecule has 74 valence electrons. The second-order valence-electron chi connectivity index (χ2n) is 2.10. The molecule has 0 aliphatic rings. The maximum atomic E-state index is 11.5. The van der Waals surface area contributed by atoms with Crippen molar-refractivity contribution in [2.75, 3.05) is 5.75 Å². The molecule has 0 aromatic heterocycles. The molecule has 0 unspecified atom stereocenters. The molecule has 0 fully saturated rings. The van der Waals surface area contributed by atoms with Crippen LogP contribution in [-0.2, 0) is 9.63 Å². The molecule has 2 N–H and O–H groups in total. The third-order valence-electron chi connectivity index (χ3n) is 0.760. The van der Waals surface area contributed by atoms with Crippen molar-refractivity contribution in [3.05, 3.63) is 11.7 Å². The first-order chi connectivity index (χ1) is 5.03. The maximum absolute atomic E-state index is 11.5. The van der Waals surface area contributed by atoms with E-state index in [1.807, 2.05) is 0 Å². The van der Waals surface area contributed by atoms with Crippen LogP contribution >= 0.6 is 0 Å².